The molecule has 2 atom stereocenters. The van der Waals surface area contributed by atoms with Crippen LogP contribution in [-0.4, -0.2) is 50.3 Å². The van der Waals surface area contributed by atoms with Gasteiger partial charge in [-0.15, -0.1) is 0 Å². The summed E-state index contributed by atoms with van der Waals surface area (Å²) < 4.78 is 31.5. The number of nitrogens with one attached hydrogen (secondary N) is 1. The van der Waals surface area contributed by atoms with Gasteiger partial charge in [0, 0.05) is 0 Å². The molecule has 1 aliphatic rings. The molecule has 0 saturated heterocycles. The van der Waals surface area contributed by atoms with Gasteiger partial charge in [0.1, 0.15) is 5.71 Å². The number of hydrogen-bond donors (Lipinski definition) is 4. The van der Waals surface area contributed by atoms with Gasteiger partial charge in [-0.1, -0.05) is 18.2 Å². The van der Waals surface area contributed by atoms with Gasteiger partial charge in [0.25, 0.3) is 5.78 Å². The van der Waals surface area contributed by atoms with Crippen molar-refractivity contribution in [2.24, 2.45) is 5.10 Å². The second-order valence-electron chi connectivity index (χ2n) is 4.74. The van der Waals surface area contributed by atoms with Crippen LogP contribution in [0.4, 0.5) is 5.69 Å². The number of nitro groups is 1. The highest BCUT2D eigenvalue weighted by atomic mass is 32.2. The summed E-state index contributed by atoms with van der Waals surface area (Å²) in [6, 6.07) is 8.06. The molecule has 24 heavy (non-hydrogen) atoms. The van der Waals surface area contributed by atoms with E-state index in [4.69, 9.17) is 4.55 Å². The lowest BCUT2D eigenvalue weighted by Crippen LogP contribution is -2.69. The average Bonchev–Trinajstić information content (AvgIpc) is 2.51. The lowest BCUT2D eigenvalue weighted by molar-refractivity contribution is -0.617. The topological polar surface area (TPSA) is 179 Å². The average molecular weight is 357 g/mol. The van der Waals surface area contributed by atoms with Crippen molar-refractivity contribution in [1.82, 2.24) is 0 Å². The van der Waals surface area contributed by atoms with Crippen molar-refractivity contribution in [3.8, 4) is 0 Å². The molecule has 1 aromatic carbocycles. The largest absolute Gasteiger partial charge is 0.437 e. The molecule has 4 N–H and O–H groups in total. The number of para-hydroxylation sites is 1. The number of carbonyl (C=O) groups is 1. The Balaban J connectivity index is 2.52. The van der Waals surface area contributed by atoms with Gasteiger partial charge in [0.05, 0.1) is 10.6 Å². The molecular formula is C12H11N3O8S. The van der Waals surface area contributed by atoms with Crippen LogP contribution < -0.4 is 5.43 Å². The van der Waals surface area contributed by atoms with Crippen LogP contribution in [-0.2, 0) is 14.9 Å². The molecule has 2 unspecified atom stereocenters. The van der Waals surface area contributed by atoms with Gasteiger partial charge in [-0.3, -0.25) is 24.9 Å². The summed E-state index contributed by atoms with van der Waals surface area (Å²) in [4.78, 5) is 17.6. The van der Waals surface area contributed by atoms with Crippen molar-refractivity contribution in [3.05, 3.63) is 52.6 Å². The first-order valence-corrected chi connectivity index (χ1v) is 7.67. The molecule has 12 heteroatoms. The first-order valence-electron chi connectivity index (χ1n) is 6.23. The van der Waals surface area contributed by atoms with E-state index in [-0.39, 0.29) is 6.08 Å². The highest BCUT2D eigenvalue weighted by molar-refractivity contribution is 7.87. The number of hydrazone groups is 1. The molecule has 0 amide bonds. The number of hydrogen-bond acceptors (Lipinski definition) is 9. The number of benzene rings is 1. The SMILES string of the molecule is O=C1/C(=N/Nc2ccccc2)C=CC(O)(S(=O)(=O)O)C1(O)[N+](=O)[O-]. The van der Waals surface area contributed by atoms with Crippen molar-refractivity contribution in [1.29, 1.82) is 0 Å². The van der Waals surface area contributed by atoms with Crippen LogP contribution in [0.15, 0.2) is 47.6 Å². The van der Waals surface area contributed by atoms with Crippen LogP contribution in [0.25, 0.3) is 0 Å². The zero-order valence-electron chi connectivity index (χ0n) is 11.7. The quantitative estimate of drug-likeness (QED) is 0.231. The molecular weight excluding hydrogens is 346 g/mol. The fourth-order valence-corrected chi connectivity index (χ4v) is 2.70. The highest BCUT2D eigenvalue weighted by Gasteiger charge is 2.74. The Labute approximate surface area is 134 Å². The Hall–Kier alpha value is -2.67. The maximum absolute atomic E-state index is 12.1. The molecule has 1 aromatic rings. The number of ketones is 1. The number of carbonyl (C=O) groups excluding carboxylic acids is 1. The maximum Gasteiger partial charge on any atom is 0.437 e. The molecule has 0 bridgehead atoms. The fraction of sp³-hybridized carbons (Fsp3) is 0.167. The summed E-state index contributed by atoms with van der Waals surface area (Å²) in [6.07, 6.45) is 0.835. The summed E-state index contributed by atoms with van der Waals surface area (Å²) in [5.74, 6) is -1.82. The van der Waals surface area contributed by atoms with E-state index >= 15 is 0 Å². The predicted molar refractivity (Wildman–Crippen MR) is 80.1 cm³/mol. The predicted octanol–water partition coefficient (Wildman–Crippen LogP) is -0.865. The third-order valence-corrected chi connectivity index (χ3v) is 4.46. The van der Waals surface area contributed by atoms with E-state index in [0.717, 1.165) is 0 Å². The zero-order chi connectivity index (χ0) is 18.2. The van der Waals surface area contributed by atoms with Crippen molar-refractivity contribution < 1.29 is 32.9 Å². The summed E-state index contributed by atoms with van der Waals surface area (Å²) >= 11 is 0. The van der Waals surface area contributed by atoms with E-state index in [1.807, 2.05) is 0 Å². The minimum Gasteiger partial charge on any atom is -0.361 e. The van der Waals surface area contributed by atoms with Crippen molar-refractivity contribution in [2.75, 3.05) is 5.43 Å². The standard InChI is InChI=1S/C12H11N3O8S/c16-10-9(14-13-8-4-2-1-3-5-8)6-7-11(17,24(21,22)23)12(10,18)15(19)20/h1-7,13,17-18H,(H,21,22,23)/b14-9+. The van der Waals surface area contributed by atoms with E-state index in [1.165, 1.54) is 0 Å². The van der Waals surface area contributed by atoms with Gasteiger partial charge in [0.2, 0.25) is 0 Å². The van der Waals surface area contributed by atoms with Gasteiger partial charge in [0.15, 0.2) is 0 Å². The molecule has 0 spiro atoms. The van der Waals surface area contributed by atoms with Gasteiger partial charge in [-0.25, -0.2) is 0 Å². The van der Waals surface area contributed by atoms with Crippen LogP contribution in [0.1, 0.15) is 0 Å². The lowest BCUT2D eigenvalue weighted by atomic mass is 9.91. The van der Waals surface area contributed by atoms with E-state index in [2.05, 4.69) is 10.5 Å². The molecule has 11 nitrogen and oxygen atoms in total. The molecule has 0 fully saturated rings. The minimum atomic E-state index is -5.62. The van der Waals surface area contributed by atoms with E-state index in [1.54, 1.807) is 30.3 Å². The zero-order valence-corrected chi connectivity index (χ0v) is 12.5. The second-order valence-corrected chi connectivity index (χ2v) is 6.31. The van der Waals surface area contributed by atoms with Crippen LogP contribution >= 0.6 is 0 Å². The smallest absolute Gasteiger partial charge is 0.361 e. The molecule has 128 valence electrons. The van der Waals surface area contributed by atoms with Crippen molar-refractivity contribution in [3.63, 3.8) is 0 Å². The third-order valence-electron chi connectivity index (χ3n) is 3.25. The number of rotatable bonds is 4. The van der Waals surface area contributed by atoms with Crippen molar-refractivity contribution >= 4 is 27.3 Å². The first-order chi connectivity index (χ1) is 11.0. The Morgan fingerprint density at radius 2 is 1.79 bits per heavy atom. The second kappa shape index (κ2) is 5.76. The Morgan fingerprint density at radius 3 is 2.29 bits per heavy atom. The van der Waals surface area contributed by atoms with Crippen LogP contribution in [0.3, 0.4) is 0 Å². The number of Topliss-reactive ketones (excluding diaryl/α,β-unsaturated/α-hetero) is 1. The summed E-state index contributed by atoms with van der Waals surface area (Å²) in [5.41, 5.74) is -2.02. The third kappa shape index (κ3) is 2.56. The maximum atomic E-state index is 12.1. The van der Waals surface area contributed by atoms with Crippen LogP contribution in [0.5, 0.6) is 0 Å². The number of anilines is 1. The Kier molecular flexibility index (Phi) is 4.24. The molecule has 2 rings (SSSR count). The normalized spacial score (nSPS) is 28.8. The van der Waals surface area contributed by atoms with Gasteiger partial charge >= 0.3 is 20.8 Å². The minimum absolute atomic E-state index is 0.206. The summed E-state index contributed by atoms with van der Waals surface area (Å²) in [7, 11) is -5.62. The number of nitrogens with zero attached hydrogens (tertiary/aromatic N) is 2. The molecule has 0 heterocycles. The van der Waals surface area contributed by atoms with Gasteiger partial charge in [-0.05, 0) is 24.3 Å². The lowest BCUT2D eigenvalue weighted by Gasteiger charge is -2.32. The number of allylic oxidation sites excluding steroid dienone is 1. The Bertz CT molecular complexity index is 850. The van der Waals surface area contributed by atoms with Gasteiger partial charge < -0.3 is 10.2 Å². The summed E-state index contributed by atoms with van der Waals surface area (Å²) in [5, 5.41) is 34.4. The van der Waals surface area contributed by atoms with Crippen LogP contribution in [0.2, 0.25) is 0 Å². The van der Waals surface area contributed by atoms with E-state index in [9.17, 15) is 33.5 Å². The molecule has 0 aliphatic heterocycles. The van der Waals surface area contributed by atoms with Crippen molar-refractivity contribution in [2.45, 2.75) is 10.7 Å². The molecule has 1 aliphatic carbocycles. The van der Waals surface area contributed by atoms with E-state index < -0.39 is 37.2 Å². The van der Waals surface area contributed by atoms with Crippen LogP contribution in [0, 0.1) is 10.1 Å². The molecule has 0 radical (unpaired) electrons. The summed E-state index contributed by atoms with van der Waals surface area (Å²) in [6.45, 7) is 0. The number of aliphatic hydroxyl groups is 2. The Morgan fingerprint density at radius 1 is 1.21 bits per heavy atom. The molecule has 0 aromatic heterocycles. The van der Waals surface area contributed by atoms with E-state index in [0.29, 0.717) is 11.8 Å². The van der Waals surface area contributed by atoms with Gasteiger partial charge in [-0.2, -0.15) is 13.5 Å². The monoisotopic (exact) mass is 357 g/mol. The molecule has 0 saturated carbocycles. The fourth-order valence-electron chi connectivity index (χ4n) is 1.93. The highest BCUT2D eigenvalue weighted by Crippen LogP contribution is 2.34. The first kappa shape index (κ1) is 17.7.